The minimum Gasteiger partial charge on any atom is -0.481 e. The molecule has 0 radical (unpaired) electrons. The van der Waals surface area contributed by atoms with E-state index in [1.807, 2.05) is 30.3 Å². The van der Waals surface area contributed by atoms with Crippen LogP contribution in [0, 0.1) is 5.92 Å². The second-order valence-electron chi connectivity index (χ2n) is 5.25. The summed E-state index contributed by atoms with van der Waals surface area (Å²) < 4.78 is 0. The Balaban J connectivity index is 1.94. The summed E-state index contributed by atoms with van der Waals surface area (Å²) >= 11 is 0. The number of anilines is 1. The Morgan fingerprint density at radius 2 is 2.10 bits per heavy atom. The van der Waals surface area contributed by atoms with E-state index in [2.05, 4.69) is 14.9 Å². The second-order valence-corrected chi connectivity index (χ2v) is 5.25. The first-order chi connectivity index (χ1) is 10.3. The van der Waals surface area contributed by atoms with Crippen molar-refractivity contribution in [3.05, 3.63) is 42.9 Å². The third-order valence-electron chi connectivity index (χ3n) is 3.85. The minimum atomic E-state index is -0.727. The molecule has 0 spiro atoms. The lowest BCUT2D eigenvalue weighted by Gasteiger charge is -2.32. The van der Waals surface area contributed by atoms with Crippen molar-refractivity contribution in [1.29, 1.82) is 0 Å². The first-order valence-corrected chi connectivity index (χ1v) is 7.09. The molecule has 0 saturated carbocycles. The smallest absolute Gasteiger partial charge is 0.308 e. The van der Waals surface area contributed by atoms with Crippen LogP contribution in [0.2, 0.25) is 0 Å². The van der Waals surface area contributed by atoms with Crippen molar-refractivity contribution < 1.29 is 9.90 Å². The standard InChI is InChI=1S/C16H17N3O2/c20-16(21)13-7-4-8-19(10-13)15-14(9-17-11-18-15)12-5-2-1-3-6-12/h1-3,5-6,9,11,13H,4,7-8,10H2,(H,20,21). The predicted molar refractivity (Wildman–Crippen MR) is 80.0 cm³/mol. The number of carboxylic acid groups (broad SMARTS) is 1. The summed E-state index contributed by atoms with van der Waals surface area (Å²) in [6, 6.07) is 9.95. The van der Waals surface area contributed by atoms with Gasteiger partial charge in [-0.15, -0.1) is 0 Å². The molecule has 1 fully saturated rings. The largest absolute Gasteiger partial charge is 0.481 e. The van der Waals surface area contributed by atoms with Crippen molar-refractivity contribution in [3.63, 3.8) is 0 Å². The molecule has 0 amide bonds. The Hall–Kier alpha value is -2.43. The molecule has 1 aromatic heterocycles. The molecule has 108 valence electrons. The lowest BCUT2D eigenvalue weighted by molar-refractivity contribution is -0.141. The van der Waals surface area contributed by atoms with Gasteiger partial charge < -0.3 is 10.0 Å². The van der Waals surface area contributed by atoms with E-state index in [9.17, 15) is 9.90 Å². The number of aliphatic carboxylic acids is 1. The van der Waals surface area contributed by atoms with E-state index in [-0.39, 0.29) is 5.92 Å². The molecular formula is C16H17N3O2. The number of hydrogen-bond acceptors (Lipinski definition) is 4. The Morgan fingerprint density at radius 3 is 2.86 bits per heavy atom. The Morgan fingerprint density at radius 1 is 1.29 bits per heavy atom. The number of nitrogens with zero attached hydrogens (tertiary/aromatic N) is 3. The predicted octanol–water partition coefficient (Wildman–Crippen LogP) is 2.44. The first-order valence-electron chi connectivity index (χ1n) is 7.09. The number of hydrogen-bond donors (Lipinski definition) is 1. The first kappa shape index (κ1) is 13.5. The molecule has 0 aliphatic carbocycles. The molecule has 21 heavy (non-hydrogen) atoms. The third-order valence-corrected chi connectivity index (χ3v) is 3.85. The number of rotatable bonds is 3. The molecule has 1 unspecified atom stereocenters. The van der Waals surface area contributed by atoms with Gasteiger partial charge in [-0.2, -0.15) is 0 Å². The second kappa shape index (κ2) is 5.91. The Labute approximate surface area is 123 Å². The summed E-state index contributed by atoms with van der Waals surface area (Å²) in [5, 5.41) is 9.23. The molecule has 1 aliphatic rings. The summed E-state index contributed by atoms with van der Waals surface area (Å²) in [5.41, 5.74) is 2.00. The van der Waals surface area contributed by atoms with Gasteiger partial charge in [-0.05, 0) is 18.4 Å². The zero-order chi connectivity index (χ0) is 14.7. The SMILES string of the molecule is O=C(O)C1CCCN(c2ncncc2-c2ccccc2)C1. The normalized spacial score (nSPS) is 18.5. The maximum Gasteiger partial charge on any atom is 0.308 e. The number of carboxylic acids is 1. The van der Waals surface area contributed by atoms with E-state index in [0.717, 1.165) is 36.3 Å². The van der Waals surface area contributed by atoms with Crippen LogP contribution in [0.25, 0.3) is 11.1 Å². The van der Waals surface area contributed by atoms with Gasteiger partial charge >= 0.3 is 5.97 Å². The highest BCUT2D eigenvalue weighted by molar-refractivity contribution is 5.76. The van der Waals surface area contributed by atoms with E-state index >= 15 is 0 Å². The highest BCUT2D eigenvalue weighted by Crippen LogP contribution is 2.30. The lowest BCUT2D eigenvalue weighted by Crippen LogP contribution is -2.39. The van der Waals surface area contributed by atoms with Crippen molar-refractivity contribution >= 4 is 11.8 Å². The monoisotopic (exact) mass is 283 g/mol. The van der Waals surface area contributed by atoms with Crippen LogP contribution in [0.15, 0.2) is 42.9 Å². The van der Waals surface area contributed by atoms with E-state index < -0.39 is 5.97 Å². The third kappa shape index (κ3) is 2.86. The fraction of sp³-hybridized carbons (Fsp3) is 0.312. The van der Waals surface area contributed by atoms with Crippen LogP contribution in [0.3, 0.4) is 0 Å². The average molecular weight is 283 g/mol. The van der Waals surface area contributed by atoms with Crippen LogP contribution in [0.5, 0.6) is 0 Å². The van der Waals surface area contributed by atoms with E-state index in [4.69, 9.17) is 0 Å². The number of carbonyl (C=O) groups is 1. The molecule has 2 heterocycles. The molecule has 1 saturated heterocycles. The summed E-state index contributed by atoms with van der Waals surface area (Å²) in [5.74, 6) is -0.227. The summed E-state index contributed by atoms with van der Waals surface area (Å²) in [7, 11) is 0. The average Bonchev–Trinajstić information content (AvgIpc) is 2.56. The van der Waals surface area contributed by atoms with Gasteiger partial charge in [0.2, 0.25) is 0 Å². The minimum absolute atomic E-state index is 0.322. The van der Waals surface area contributed by atoms with Crippen molar-refractivity contribution in [2.45, 2.75) is 12.8 Å². The van der Waals surface area contributed by atoms with Gasteiger partial charge in [-0.3, -0.25) is 4.79 Å². The van der Waals surface area contributed by atoms with Gasteiger partial charge in [-0.25, -0.2) is 9.97 Å². The van der Waals surface area contributed by atoms with Gasteiger partial charge in [-0.1, -0.05) is 30.3 Å². The quantitative estimate of drug-likeness (QED) is 0.937. The Bertz CT molecular complexity index is 630. The number of benzene rings is 1. The molecular weight excluding hydrogens is 266 g/mol. The van der Waals surface area contributed by atoms with Crippen LogP contribution in [0.4, 0.5) is 5.82 Å². The summed E-state index contributed by atoms with van der Waals surface area (Å²) in [6.45, 7) is 1.34. The highest BCUT2D eigenvalue weighted by atomic mass is 16.4. The molecule has 1 aliphatic heterocycles. The molecule has 0 bridgehead atoms. The molecule has 1 N–H and O–H groups in total. The van der Waals surface area contributed by atoms with Gasteiger partial charge in [0, 0.05) is 24.8 Å². The van der Waals surface area contributed by atoms with Gasteiger partial charge in [0.25, 0.3) is 0 Å². The van der Waals surface area contributed by atoms with E-state index in [1.54, 1.807) is 6.20 Å². The zero-order valence-electron chi connectivity index (χ0n) is 11.6. The number of piperidine rings is 1. The van der Waals surface area contributed by atoms with E-state index in [1.165, 1.54) is 6.33 Å². The van der Waals surface area contributed by atoms with Gasteiger partial charge in [0.15, 0.2) is 0 Å². The molecule has 1 aromatic carbocycles. The van der Waals surface area contributed by atoms with Crippen LogP contribution in [-0.4, -0.2) is 34.1 Å². The fourth-order valence-electron chi connectivity index (χ4n) is 2.77. The van der Waals surface area contributed by atoms with Crippen LogP contribution in [0.1, 0.15) is 12.8 Å². The molecule has 2 aromatic rings. The zero-order valence-corrected chi connectivity index (χ0v) is 11.6. The Kier molecular flexibility index (Phi) is 3.81. The summed E-state index contributed by atoms with van der Waals surface area (Å²) in [4.78, 5) is 21.8. The van der Waals surface area contributed by atoms with Crippen LogP contribution in [-0.2, 0) is 4.79 Å². The molecule has 5 heteroatoms. The van der Waals surface area contributed by atoms with Gasteiger partial charge in [0.05, 0.1) is 5.92 Å². The maximum atomic E-state index is 11.2. The van der Waals surface area contributed by atoms with Crippen LogP contribution < -0.4 is 4.90 Å². The highest BCUT2D eigenvalue weighted by Gasteiger charge is 2.27. The van der Waals surface area contributed by atoms with E-state index in [0.29, 0.717) is 6.54 Å². The number of aromatic nitrogens is 2. The lowest BCUT2D eigenvalue weighted by atomic mass is 9.97. The fourth-order valence-corrected chi connectivity index (χ4v) is 2.77. The van der Waals surface area contributed by atoms with Crippen molar-refractivity contribution in [1.82, 2.24) is 9.97 Å². The van der Waals surface area contributed by atoms with Crippen molar-refractivity contribution in [3.8, 4) is 11.1 Å². The van der Waals surface area contributed by atoms with Crippen molar-refractivity contribution in [2.75, 3.05) is 18.0 Å². The van der Waals surface area contributed by atoms with Crippen LogP contribution >= 0.6 is 0 Å². The van der Waals surface area contributed by atoms with Crippen molar-refractivity contribution in [2.24, 2.45) is 5.92 Å². The maximum absolute atomic E-state index is 11.2. The van der Waals surface area contributed by atoms with Gasteiger partial charge in [0.1, 0.15) is 12.1 Å². The molecule has 3 rings (SSSR count). The molecule has 1 atom stereocenters. The summed E-state index contributed by atoms with van der Waals surface area (Å²) in [6.07, 6.45) is 4.92. The topological polar surface area (TPSA) is 66.3 Å². The molecule has 5 nitrogen and oxygen atoms in total.